The molecule has 7 nitrogen and oxygen atoms in total. The van der Waals surface area contributed by atoms with Crippen molar-refractivity contribution in [3.63, 3.8) is 0 Å². The first-order chi connectivity index (χ1) is 12.0. The molecule has 1 aliphatic rings. The Morgan fingerprint density at radius 1 is 1.12 bits per heavy atom. The van der Waals surface area contributed by atoms with E-state index < -0.39 is 0 Å². The molecule has 128 valence electrons. The molecule has 0 radical (unpaired) electrons. The number of rotatable bonds is 4. The number of anilines is 2. The molecule has 0 spiro atoms. The van der Waals surface area contributed by atoms with Gasteiger partial charge in [0.25, 0.3) is 0 Å². The molecule has 2 aromatic rings. The van der Waals surface area contributed by atoms with Gasteiger partial charge in [-0.2, -0.15) is 5.10 Å². The molecule has 1 atom stereocenters. The summed E-state index contributed by atoms with van der Waals surface area (Å²) in [6.07, 6.45) is 0. The minimum Gasteiger partial charge on any atom is -0.384 e. The van der Waals surface area contributed by atoms with E-state index in [2.05, 4.69) is 20.8 Å². The van der Waals surface area contributed by atoms with Crippen molar-refractivity contribution in [3.05, 3.63) is 59.7 Å². The highest BCUT2D eigenvalue weighted by atomic mass is 16.1. The molecule has 25 heavy (non-hydrogen) atoms. The van der Waals surface area contributed by atoms with Gasteiger partial charge in [-0.25, -0.2) is 0 Å². The van der Waals surface area contributed by atoms with Crippen molar-refractivity contribution in [3.8, 4) is 0 Å². The smallest absolute Gasteiger partial charge is 0.233 e. The average Bonchev–Trinajstić information content (AvgIpc) is 3.04. The van der Waals surface area contributed by atoms with Crippen LogP contribution >= 0.6 is 0 Å². The number of amides is 1. The van der Waals surface area contributed by atoms with Crippen LogP contribution in [0, 0.1) is 0 Å². The van der Waals surface area contributed by atoms with Crippen molar-refractivity contribution >= 4 is 29.0 Å². The molecule has 0 aromatic heterocycles. The van der Waals surface area contributed by atoms with Crippen molar-refractivity contribution in [1.82, 2.24) is 0 Å². The van der Waals surface area contributed by atoms with Gasteiger partial charge in [-0.1, -0.05) is 30.3 Å². The van der Waals surface area contributed by atoms with E-state index in [1.54, 1.807) is 6.92 Å². The monoisotopic (exact) mass is 336 g/mol. The second-order valence-corrected chi connectivity index (χ2v) is 5.80. The predicted molar refractivity (Wildman–Crippen MR) is 101 cm³/mol. The average molecular weight is 336 g/mol. The van der Waals surface area contributed by atoms with Gasteiger partial charge >= 0.3 is 0 Å². The molecule has 0 aliphatic carbocycles. The number of nitrogens with one attached hydrogen (secondary N) is 2. The summed E-state index contributed by atoms with van der Waals surface area (Å²) in [5.74, 6) is -0.314. The highest BCUT2D eigenvalue weighted by molar-refractivity contribution is 6.01. The van der Waals surface area contributed by atoms with E-state index in [-0.39, 0.29) is 17.8 Å². The Hall–Kier alpha value is -3.35. The van der Waals surface area contributed by atoms with Crippen LogP contribution in [0.15, 0.2) is 58.7 Å². The fourth-order valence-corrected chi connectivity index (χ4v) is 2.73. The zero-order valence-corrected chi connectivity index (χ0v) is 13.9. The van der Waals surface area contributed by atoms with E-state index in [1.807, 2.05) is 48.5 Å². The Labute approximate surface area is 145 Å². The molecule has 0 bridgehead atoms. The highest BCUT2D eigenvalue weighted by Crippen LogP contribution is 2.31. The number of hydrogen-bond donors (Lipinski definition) is 4. The first-order valence-electron chi connectivity index (χ1n) is 7.92. The van der Waals surface area contributed by atoms with E-state index in [0.29, 0.717) is 12.3 Å². The Morgan fingerprint density at radius 2 is 1.84 bits per heavy atom. The highest BCUT2D eigenvalue weighted by Gasteiger charge is 2.28. The maximum atomic E-state index is 12.6. The molecular formula is C18H20N6O. The zero-order chi connectivity index (χ0) is 17.8. The molecule has 1 heterocycles. The van der Waals surface area contributed by atoms with E-state index in [9.17, 15) is 4.79 Å². The van der Waals surface area contributed by atoms with Crippen LogP contribution in [-0.2, 0) is 4.79 Å². The molecule has 7 heteroatoms. The van der Waals surface area contributed by atoms with Crippen molar-refractivity contribution in [2.45, 2.75) is 12.8 Å². The molecule has 0 fully saturated rings. The number of benzene rings is 2. The second-order valence-electron chi connectivity index (χ2n) is 5.80. The molecule has 1 amide bonds. The summed E-state index contributed by atoms with van der Waals surface area (Å²) in [6, 6.07) is 15.2. The van der Waals surface area contributed by atoms with Crippen LogP contribution in [0.4, 0.5) is 11.4 Å². The Morgan fingerprint density at radius 3 is 2.56 bits per heavy atom. The minimum atomic E-state index is -0.193. The molecule has 0 saturated carbocycles. The largest absolute Gasteiger partial charge is 0.384 e. The quantitative estimate of drug-likeness (QED) is 0.387. The van der Waals surface area contributed by atoms with Gasteiger partial charge in [0, 0.05) is 17.9 Å². The lowest BCUT2D eigenvalue weighted by atomic mass is 10.0. The molecule has 0 saturated heterocycles. The summed E-state index contributed by atoms with van der Waals surface area (Å²) in [4.78, 5) is 12.6. The van der Waals surface area contributed by atoms with Crippen LogP contribution < -0.4 is 22.1 Å². The minimum absolute atomic E-state index is 0.0314. The van der Waals surface area contributed by atoms with E-state index in [4.69, 9.17) is 11.5 Å². The van der Waals surface area contributed by atoms with Crippen LogP contribution in [0.3, 0.4) is 0 Å². The Balaban J connectivity index is 1.69. The number of guanidine groups is 1. The summed E-state index contributed by atoms with van der Waals surface area (Å²) in [5.41, 5.74) is 14.8. The number of carbonyl (C=O) groups excluding carboxylic acids is 1. The van der Waals surface area contributed by atoms with Crippen LogP contribution in [0.25, 0.3) is 0 Å². The van der Waals surface area contributed by atoms with Gasteiger partial charge in [-0.05, 0) is 36.2 Å². The number of para-hydroxylation sites is 1. The van der Waals surface area contributed by atoms with Crippen LogP contribution in [-0.4, -0.2) is 24.1 Å². The molecule has 2 aromatic carbocycles. The summed E-state index contributed by atoms with van der Waals surface area (Å²) in [6.45, 7) is 2.41. The third kappa shape index (κ3) is 3.77. The van der Waals surface area contributed by atoms with Crippen LogP contribution in [0.5, 0.6) is 0 Å². The zero-order valence-electron chi connectivity index (χ0n) is 13.9. The number of nitrogens with two attached hydrogens (primary N) is 2. The summed E-state index contributed by atoms with van der Waals surface area (Å²) in [7, 11) is 0. The van der Waals surface area contributed by atoms with Gasteiger partial charge < -0.3 is 22.1 Å². The molecule has 1 unspecified atom stereocenters. The molecule has 3 rings (SSSR count). The maximum Gasteiger partial charge on any atom is 0.233 e. The van der Waals surface area contributed by atoms with Gasteiger partial charge in [-0.15, -0.1) is 5.10 Å². The standard InChI is InChI=1S/C18H20N6O/c1-11(23-24-18(19)20)12-6-8-13(9-7-12)22-17(25)15-10-21-16-5-3-2-4-14(15)16/h2-9,15,21H,10H2,1H3,(H,22,25)(H4,19,20,24)/b23-11-. The number of carbonyl (C=O) groups is 1. The fraction of sp³-hybridized carbons (Fsp3) is 0.167. The predicted octanol–water partition coefficient (Wildman–Crippen LogP) is 1.83. The van der Waals surface area contributed by atoms with Crippen LogP contribution in [0.1, 0.15) is 24.0 Å². The van der Waals surface area contributed by atoms with Gasteiger partial charge in [0.05, 0.1) is 11.6 Å². The van der Waals surface area contributed by atoms with Crippen molar-refractivity contribution in [2.24, 2.45) is 21.7 Å². The van der Waals surface area contributed by atoms with Gasteiger partial charge in [0.2, 0.25) is 11.9 Å². The summed E-state index contributed by atoms with van der Waals surface area (Å²) in [5, 5.41) is 13.8. The number of hydrogen-bond acceptors (Lipinski definition) is 4. The molecule has 1 aliphatic heterocycles. The third-order valence-corrected chi connectivity index (χ3v) is 4.04. The maximum absolute atomic E-state index is 12.6. The van der Waals surface area contributed by atoms with Crippen molar-refractivity contribution in [2.75, 3.05) is 17.2 Å². The second kappa shape index (κ2) is 7.04. The molecular weight excluding hydrogens is 316 g/mol. The summed E-state index contributed by atoms with van der Waals surface area (Å²) >= 11 is 0. The number of nitrogens with zero attached hydrogens (tertiary/aromatic N) is 2. The first-order valence-corrected chi connectivity index (χ1v) is 7.92. The van der Waals surface area contributed by atoms with Gasteiger partial charge in [-0.3, -0.25) is 4.79 Å². The summed E-state index contributed by atoms with van der Waals surface area (Å²) < 4.78 is 0. The normalized spacial score (nSPS) is 15.9. The first kappa shape index (κ1) is 16.5. The van der Waals surface area contributed by atoms with Crippen molar-refractivity contribution in [1.29, 1.82) is 0 Å². The van der Waals surface area contributed by atoms with E-state index in [0.717, 1.165) is 22.5 Å². The topological polar surface area (TPSA) is 118 Å². The lowest BCUT2D eigenvalue weighted by molar-refractivity contribution is -0.117. The SMILES string of the molecule is C/C(=N/N=C(N)N)c1ccc(NC(=O)C2CNc3ccccc32)cc1. The molecule has 6 N–H and O–H groups in total. The van der Waals surface area contributed by atoms with Crippen molar-refractivity contribution < 1.29 is 4.79 Å². The van der Waals surface area contributed by atoms with E-state index in [1.165, 1.54) is 0 Å². The lowest BCUT2D eigenvalue weighted by Gasteiger charge is -2.11. The Bertz CT molecular complexity index is 837. The lowest BCUT2D eigenvalue weighted by Crippen LogP contribution is -2.22. The van der Waals surface area contributed by atoms with E-state index >= 15 is 0 Å². The Kier molecular flexibility index (Phi) is 4.65. The van der Waals surface area contributed by atoms with Gasteiger partial charge in [0.15, 0.2) is 0 Å². The van der Waals surface area contributed by atoms with Gasteiger partial charge in [0.1, 0.15) is 0 Å². The number of fused-ring (bicyclic) bond motifs is 1. The fourth-order valence-electron chi connectivity index (χ4n) is 2.73. The third-order valence-electron chi connectivity index (χ3n) is 4.04. The van der Waals surface area contributed by atoms with Crippen LogP contribution in [0.2, 0.25) is 0 Å².